The van der Waals surface area contributed by atoms with Gasteiger partial charge in [0.25, 0.3) is 0 Å². The first-order valence-electron chi connectivity index (χ1n) is 47.8. The molecular weight excluding hydrogens is 1340 g/mol. The summed E-state index contributed by atoms with van der Waals surface area (Å²) < 4.78 is 4.97. The van der Waals surface area contributed by atoms with E-state index in [9.17, 15) is 39.6 Å². The largest absolute Gasteiger partial charge is 0.550 e. The maximum Gasteiger partial charge on any atom is 0.0967 e. The molecule has 0 saturated carbocycles. The summed E-state index contributed by atoms with van der Waals surface area (Å²) in [6.07, 6.45) is 91.5. The fourth-order valence-corrected chi connectivity index (χ4v) is 15.2. The second-order valence-electron chi connectivity index (χ2n) is 36.3. The Balaban J connectivity index is -0.000000411. The van der Waals surface area contributed by atoms with Gasteiger partial charge in [-0.15, -0.1) is 0 Å². The molecule has 0 aromatic carbocycles. The van der Waals surface area contributed by atoms with Crippen molar-refractivity contribution in [2.24, 2.45) is 11.3 Å². The maximum absolute atomic E-state index is 10.6. The van der Waals surface area contributed by atoms with Crippen LogP contribution in [0.1, 0.15) is 480 Å². The predicted octanol–water partition coefficient (Wildman–Crippen LogP) is 23.4. The quantitative estimate of drug-likeness (QED) is 0.0330. The average molecular weight is 1540 g/mol. The van der Waals surface area contributed by atoms with Crippen molar-refractivity contribution in [2.75, 3.05) is 109 Å². The van der Waals surface area contributed by atoms with E-state index in [0.717, 1.165) is 6.92 Å². The molecule has 0 heterocycles. The molecule has 0 radical (unpaired) electrons. The lowest BCUT2D eigenvalue weighted by atomic mass is 9.74. The normalized spacial score (nSPS) is 12.1. The number of carbonyl (C=O) groups is 4. The molecule has 0 saturated heterocycles. The second-order valence-corrected chi connectivity index (χ2v) is 36.3. The minimum Gasteiger partial charge on any atom is -0.550 e. The highest BCUT2D eigenvalue weighted by Crippen LogP contribution is 2.29. The lowest BCUT2D eigenvalue weighted by Crippen LogP contribution is -2.68. The van der Waals surface area contributed by atoms with Crippen LogP contribution < -0.4 is 20.4 Å². The first-order valence-corrected chi connectivity index (χ1v) is 47.8. The van der Waals surface area contributed by atoms with Gasteiger partial charge in [0, 0.05) is 11.9 Å². The Morgan fingerprint density at radius 2 is 0.296 bits per heavy atom. The monoisotopic (exact) mass is 1540 g/mol. The average Bonchev–Trinajstić information content (AvgIpc) is 0.774. The van der Waals surface area contributed by atoms with E-state index in [4.69, 9.17) is 0 Å². The third-order valence-electron chi connectivity index (χ3n) is 23.1. The van der Waals surface area contributed by atoms with Crippen LogP contribution in [0.15, 0.2) is 0 Å². The van der Waals surface area contributed by atoms with Gasteiger partial charge in [-0.25, -0.2) is 0 Å². The molecule has 650 valence electrons. The number of aliphatic carboxylic acids is 4. The SMILES string of the molecule is CCC(C(=O)[O-])C(C(=O)[O-])(C(=O)[O-])C(=O)[O-].CCCCCCCCCC[N+](C)(C)CCCCCCCCCC.CCCCCCCCCC[N+](C)(C)CCCCCCCCCC.CCCCCCCCCC[N+](C)(C)CCCCCCCCCC.CCCCCCCCCC[N+](C)(C)CCCCCCCCCC. The van der Waals surface area contributed by atoms with Gasteiger partial charge in [-0.3, -0.25) is 0 Å². The van der Waals surface area contributed by atoms with E-state index in [2.05, 4.69) is 112 Å². The minimum absolute atomic E-state index is 0.613. The molecule has 0 N–H and O–H groups in total. The van der Waals surface area contributed by atoms with Crippen LogP contribution in [0.5, 0.6) is 0 Å². The fraction of sp³-hybridized carbons (Fsp3) is 0.958. The summed E-state index contributed by atoms with van der Waals surface area (Å²) in [6.45, 7) is 30.5. The number of quaternary nitrogens is 4. The number of hydrogen-bond acceptors (Lipinski definition) is 8. The Morgan fingerprint density at radius 3 is 0.370 bits per heavy atom. The third-order valence-corrected chi connectivity index (χ3v) is 23.1. The van der Waals surface area contributed by atoms with Crippen LogP contribution in [-0.4, -0.2) is 151 Å². The maximum atomic E-state index is 10.6. The Morgan fingerprint density at radius 1 is 0.194 bits per heavy atom. The number of carboxylic acids is 4. The molecule has 0 aromatic rings. The summed E-state index contributed by atoms with van der Waals surface area (Å²) in [7, 11) is 19.5. The van der Waals surface area contributed by atoms with Gasteiger partial charge in [0.15, 0.2) is 0 Å². The van der Waals surface area contributed by atoms with Crippen LogP contribution in [0.4, 0.5) is 0 Å². The Labute approximate surface area is 677 Å². The van der Waals surface area contributed by atoms with Crippen molar-refractivity contribution >= 4 is 23.9 Å². The number of hydrogen-bond donors (Lipinski definition) is 0. The zero-order valence-corrected chi connectivity index (χ0v) is 76.8. The van der Waals surface area contributed by atoms with Crippen molar-refractivity contribution in [1.82, 2.24) is 0 Å². The molecule has 108 heavy (non-hydrogen) atoms. The topological polar surface area (TPSA) is 161 Å². The van der Waals surface area contributed by atoms with E-state index in [0.29, 0.717) is 0 Å². The molecule has 12 heteroatoms. The fourth-order valence-electron chi connectivity index (χ4n) is 15.2. The smallest absolute Gasteiger partial charge is 0.0967 e. The summed E-state index contributed by atoms with van der Waals surface area (Å²) in [5.74, 6) is -12.4. The Hall–Kier alpha value is -2.28. The van der Waals surface area contributed by atoms with Crippen molar-refractivity contribution in [3.05, 3.63) is 0 Å². The van der Waals surface area contributed by atoms with Crippen LogP contribution in [0.3, 0.4) is 0 Å². The van der Waals surface area contributed by atoms with Gasteiger partial charge >= 0.3 is 0 Å². The van der Waals surface area contributed by atoms with Gasteiger partial charge in [-0.2, -0.15) is 0 Å². The highest BCUT2D eigenvalue weighted by Gasteiger charge is 2.44. The Kier molecular flexibility index (Phi) is 89.0. The molecule has 0 aliphatic rings. The van der Waals surface area contributed by atoms with Gasteiger partial charge in [0.2, 0.25) is 0 Å². The summed E-state index contributed by atoms with van der Waals surface area (Å²) in [5.41, 5.74) is -3.76. The molecule has 12 nitrogen and oxygen atoms in total. The van der Waals surface area contributed by atoms with Crippen LogP contribution in [0.25, 0.3) is 0 Å². The molecule has 0 rings (SSSR count). The van der Waals surface area contributed by atoms with Crippen LogP contribution in [0.2, 0.25) is 0 Å². The number of rotatable bonds is 78. The summed E-state index contributed by atoms with van der Waals surface area (Å²) in [4.78, 5) is 42.2. The van der Waals surface area contributed by atoms with Crippen molar-refractivity contribution in [3.63, 3.8) is 0 Å². The first kappa shape index (κ1) is 114. The third kappa shape index (κ3) is 81.7. The summed E-state index contributed by atoms with van der Waals surface area (Å²) in [5, 5.41) is 42.2. The highest BCUT2D eigenvalue weighted by molar-refractivity contribution is 6.17. The van der Waals surface area contributed by atoms with Gasteiger partial charge in [-0.05, 0) is 109 Å². The number of carbonyl (C=O) groups excluding carboxylic acids is 4. The van der Waals surface area contributed by atoms with E-state index in [1.54, 1.807) is 0 Å². The minimum atomic E-state index is -3.76. The lowest BCUT2D eigenvalue weighted by Gasteiger charge is -2.43. The second kappa shape index (κ2) is 84.1. The van der Waals surface area contributed by atoms with Gasteiger partial charge in [0.05, 0.1) is 132 Å². The van der Waals surface area contributed by atoms with Crippen molar-refractivity contribution in [3.8, 4) is 0 Å². The van der Waals surface area contributed by atoms with Crippen LogP contribution >= 0.6 is 0 Å². The molecule has 0 aliphatic carbocycles. The molecule has 0 aliphatic heterocycles. The molecule has 0 fully saturated rings. The van der Waals surface area contributed by atoms with E-state index in [1.165, 1.54) is 481 Å². The van der Waals surface area contributed by atoms with E-state index >= 15 is 0 Å². The molecule has 1 atom stereocenters. The molecule has 0 aromatic heterocycles. The van der Waals surface area contributed by atoms with E-state index in [-0.39, 0.29) is 0 Å². The molecule has 0 bridgehead atoms. The molecule has 0 spiro atoms. The first-order chi connectivity index (χ1) is 51.7. The zero-order chi connectivity index (χ0) is 82.0. The van der Waals surface area contributed by atoms with Gasteiger partial charge < -0.3 is 57.5 Å². The van der Waals surface area contributed by atoms with Crippen LogP contribution in [-0.2, 0) is 19.2 Å². The van der Waals surface area contributed by atoms with Crippen molar-refractivity contribution in [2.45, 2.75) is 480 Å². The number of nitrogens with zero attached hydrogens (tertiary/aromatic N) is 4. The van der Waals surface area contributed by atoms with Crippen molar-refractivity contribution < 1.29 is 57.5 Å². The summed E-state index contributed by atoms with van der Waals surface area (Å²) in [6, 6.07) is 0. The van der Waals surface area contributed by atoms with E-state index < -0.39 is 41.6 Å². The molecule has 0 amide bonds. The summed E-state index contributed by atoms with van der Waals surface area (Å²) >= 11 is 0. The highest BCUT2D eigenvalue weighted by atomic mass is 16.4. The number of carboxylic acid groups (broad SMARTS) is 4. The zero-order valence-electron chi connectivity index (χ0n) is 76.8. The predicted molar refractivity (Wildman–Crippen MR) is 464 cm³/mol. The molecular formula is C96H198N4O8. The number of unbranched alkanes of at least 4 members (excludes halogenated alkanes) is 56. The standard InChI is InChI=1S/4C22H48N.C8H10O8/c4*1-5-7-9-11-13-15-17-19-21-23(3,4)22-20-18-16-14-12-10-8-6-2;1-2-3(4(9)10)8(5(11)12,6(13)14)7(15)16/h4*5-22H2,1-4H3;3H,2H2,1H3,(H,9,10)(H,11,12)(H,13,14)(H,15,16)/q4*+1;/p-4. The van der Waals surface area contributed by atoms with Crippen LogP contribution in [0, 0.1) is 11.3 Å². The lowest BCUT2D eigenvalue weighted by molar-refractivity contribution is -0.890. The Bertz CT molecular complexity index is 1540. The van der Waals surface area contributed by atoms with Gasteiger partial charge in [0.1, 0.15) is 0 Å². The van der Waals surface area contributed by atoms with Crippen molar-refractivity contribution in [1.29, 1.82) is 0 Å². The van der Waals surface area contributed by atoms with Gasteiger partial charge in [-0.1, -0.05) is 371 Å². The van der Waals surface area contributed by atoms with E-state index in [1.807, 2.05) is 0 Å². The molecule has 1 unspecified atom stereocenters.